The molecule has 0 spiro atoms. The minimum Gasteiger partial charge on any atom is -0.466 e. The summed E-state index contributed by atoms with van der Waals surface area (Å²) < 4.78 is 22.0. The number of anilines is 1. The summed E-state index contributed by atoms with van der Waals surface area (Å²) in [5, 5.41) is 0. The third-order valence-corrected chi connectivity index (χ3v) is 5.14. The van der Waals surface area contributed by atoms with E-state index < -0.39 is 23.5 Å². The van der Waals surface area contributed by atoms with Crippen LogP contribution in [0.15, 0.2) is 65.2 Å². The van der Waals surface area contributed by atoms with Crippen LogP contribution in [0.1, 0.15) is 17.0 Å². The molecule has 26 heavy (non-hydrogen) atoms. The standard InChI is InChI=1S/C20H17BrFNO3/c1-12(18(24)26-3)17(13-7-6-8-14(21)11-13)20(22)15-9-4-5-10-16(15)23(2)19(20)25/h4-11,17H,1H2,2-3H3/t17-,20-/m0/s1. The quantitative estimate of drug-likeness (QED) is 0.555. The number of alkyl halides is 1. The zero-order valence-corrected chi connectivity index (χ0v) is 15.9. The smallest absolute Gasteiger partial charge is 0.333 e. The molecule has 0 fully saturated rings. The van der Waals surface area contributed by atoms with Crippen molar-refractivity contribution in [1.82, 2.24) is 0 Å². The van der Waals surface area contributed by atoms with E-state index in [0.717, 1.165) is 0 Å². The summed E-state index contributed by atoms with van der Waals surface area (Å²) in [6.45, 7) is 3.75. The summed E-state index contributed by atoms with van der Waals surface area (Å²) in [4.78, 5) is 26.4. The molecule has 1 heterocycles. The van der Waals surface area contributed by atoms with Crippen molar-refractivity contribution in [2.75, 3.05) is 19.1 Å². The number of rotatable bonds is 4. The van der Waals surface area contributed by atoms with E-state index in [1.807, 2.05) is 0 Å². The average Bonchev–Trinajstić information content (AvgIpc) is 2.84. The Morgan fingerprint density at radius 1 is 1.27 bits per heavy atom. The molecule has 0 unspecified atom stereocenters. The Labute approximate surface area is 159 Å². The van der Waals surface area contributed by atoms with Crippen LogP contribution in [0.5, 0.6) is 0 Å². The maximum Gasteiger partial charge on any atom is 0.333 e. The number of methoxy groups -OCH3 is 1. The molecule has 0 N–H and O–H groups in total. The van der Waals surface area contributed by atoms with Crippen molar-refractivity contribution < 1.29 is 18.7 Å². The van der Waals surface area contributed by atoms with E-state index in [4.69, 9.17) is 4.74 Å². The summed E-state index contributed by atoms with van der Waals surface area (Å²) >= 11 is 3.35. The van der Waals surface area contributed by atoms with Crippen molar-refractivity contribution in [3.8, 4) is 0 Å². The molecule has 0 radical (unpaired) electrons. The number of carbonyl (C=O) groups is 2. The van der Waals surface area contributed by atoms with Gasteiger partial charge in [0.2, 0.25) is 5.67 Å². The second-order valence-corrected chi connectivity index (χ2v) is 7.01. The number of para-hydroxylation sites is 1. The third-order valence-electron chi connectivity index (χ3n) is 4.65. The van der Waals surface area contributed by atoms with E-state index >= 15 is 4.39 Å². The summed E-state index contributed by atoms with van der Waals surface area (Å²) in [5.74, 6) is -2.72. The molecule has 2 aromatic carbocycles. The average molecular weight is 418 g/mol. The number of ether oxygens (including phenoxy) is 1. The number of esters is 1. The summed E-state index contributed by atoms with van der Waals surface area (Å²) in [6, 6.07) is 13.5. The van der Waals surface area contributed by atoms with Crippen molar-refractivity contribution in [3.05, 3.63) is 76.3 Å². The number of fused-ring (bicyclic) bond motifs is 1. The van der Waals surface area contributed by atoms with Crippen LogP contribution in [0.25, 0.3) is 0 Å². The lowest BCUT2D eigenvalue weighted by atomic mass is 9.75. The first kappa shape index (κ1) is 18.3. The van der Waals surface area contributed by atoms with Gasteiger partial charge in [0.1, 0.15) is 0 Å². The van der Waals surface area contributed by atoms with Gasteiger partial charge in [0.05, 0.1) is 18.7 Å². The number of amides is 1. The van der Waals surface area contributed by atoms with E-state index in [9.17, 15) is 9.59 Å². The molecule has 0 aliphatic carbocycles. The molecule has 6 heteroatoms. The molecule has 1 aliphatic rings. The van der Waals surface area contributed by atoms with Crippen LogP contribution in [-0.2, 0) is 20.0 Å². The van der Waals surface area contributed by atoms with Crippen molar-refractivity contribution in [2.24, 2.45) is 0 Å². The highest BCUT2D eigenvalue weighted by Crippen LogP contribution is 2.53. The second kappa shape index (κ2) is 6.68. The van der Waals surface area contributed by atoms with Crippen LogP contribution in [0.2, 0.25) is 0 Å². The van der Waals surface area contributed by atoms with Gasteiger partial charge >= 0.3 is 5.97 Å². The molecule has 0 saturated carbocycles. The van der Waals surface area contributed by atoms with Crippen molar-refractivity contribution in [3.63, 3.8) is 0 Å². The van der Waals surface area contributed by atoms with Crippen LogP contribution >= 0.6 is 15.9 Å². The topological polar surface area (TPSA) is 46.6 Å². The van der Waals surface area contributed by atoms with Crippen LogP contribution < -0.4 is 4.90 Å². The molecule has 0 saturated heterocycles. The fourth-order valence-electron chi connectivity index (χ4n) is 3.43. The first-order valence-electron chi connectivity index (χ1n) is 7.91. The zero-order chi connectivity index (χ0) is 19.1. The van der Waals surface area contributed by atoms with Crippen molar-refractivity contribution in [1.29, 1.82) is 0 Å². The molecule has 2 aromatic rings. The minimum absolute atomic E-state index is 0.119. The molecule has 1 aliphatic heterocycles. The van der Waals surface area contributed by atoms with Gasteiger partial charge in [-0.3, -0.25) is 4.79 Å². The number of hydrogen-bond donors (Lipinski definition) is 0. The summed E-state index contributed by atoms with van der Waals surface area (Å²) in [6.07, 6.45) is 0. The van der Waals surface area contributed by atoms with E-state index in [-0.39, 0.29) is 11.1 Å². The lowest BCUT2D eigenvalue weighted by Gasteiger charge is -2.30. The maximum absolute atomic E-state index is 16.5. The fourth-order valence-corrected chi connectivity index (χ4v) is 3.84. The van der Waals surface area contributed by atoms with E-state index in [0.29, 0.717) is 15.7 Å². The summed E-state index contributed by atoms with van der Waals surface area (Å²) in [5.41, 5.74) is -1.44. The van der Waals surface area contributed by atoms with E-state index in [1.54, 1.807) is 48.5 Å². The Hall–Kier alpha value is -2.47. The molecule has 3 rings (SSSR count). The van der Waals surface area contributed by atoms with Gasteiger partial charge in [-0.25, -0.2) is 9.18 Å². The largest absolute Gasteiger partial charge is 0.466 e. The van der Waals surface area contributed by atoms with Crippen molar-refractivity contribution in [2.45, 2.75) is 11.6 Å². The van der Waals surface area contributed by atoms with E-state index in [2.05, 4.69) is 22.5 Å². The Kier molecular flexibility index (Phi) is 4.71. The van der Waals surface area contributed by atoms with Gasteiger partial charge in [-0.2, -0.15) is 0 Å². The normalized spacial score (nSPS) is 19.8. The van der Waals surface area contributed by atoms with E-state index in [1.165, 1.54) is 19.1 Å². The predicted octanol–water partition coefficient (Wildman–Crippen LogP) is 4.10. The summed E-state index contributed by atoms with van der Waals surface area (Å²) in [7, 11) is 2.72. The molecule has 134 valence electrons. The molecule has 1 amide bonds. The Morgan fingerprint density at radius 2 is 1.96 bits per heavy atom. The van der Waals surface area contributed by atoms with Gasteiger partial charge < -0.3 is 9.64 Å². The van der Waals surface area contributed by atoms with Crippen LogP contribution in [0.3, 0.4) is 0 Å². The van der Waals surface area contributed by atoms with Gasteiger partial charge in [0.15, 0.2) is 0 Å². The highest BCUT2D eigenvalue weighted by atomic mass is 79.9. The van der Waals surface area contributed by atoms with Gasteiger partial charge in [0, 0.05) is 22.7 Å². The zero-order valence-electron chi connectivity index (χ0n) is 14.3. The minimum atomic E-state index is -2.46. The lowest BCUT2D eigenvalue weighted by Crippen LogP contribution is -2.41. The number of halogens is 2. The molecule has 2 atom stereocenters. The fraction of sp³-hybridized carbons (Fsp3) is 0.200. The third kappa shape index (κ3) is 2.65. The van der Waals surface area contributed by atoms with Crippen LogP contribution in [-0.4, -0.2) is 26.0 Å². The highest BCUT2D eigenvalue weighted by molar-refractivity contribution is 9.10. The Morgan fingerprint density at radius 3 is 2.62 bits per heavy atom. The first-order chi connectivity index (χ1) is 12.3. The SMILES string of the molecule is C=C(C(=O)OC)[C@@H](c1cccc(Br)c1)[C@]1(F)C(=O)N(C)c2ccccc21. The van der Waals surface area contributed by atoms with Crippen molar-refractivity contribution >= 4 is 33.5 Å². The number of carbonyl (C=O) groups excluding carboxylic acids is 2. The highest BCUT2D eigenvalue weighted by Gasteiger charge is 2.58. The lowest BCUT2D eigenvalue weighted by molar-refractivity contribution is -0.137. The Balaban J connectivity index is 2.26. The van der Waals surface area contributed by atoms with Crippen LogP contribution in [0.4, 0.5) is 10.1 Å². The molecular formula is C20H17BrFNO3. The van der Waals surface area contributed by atoms with Crippen LogP contribution in [0, 0.1) is 0 Å². The first-order valence-corrected chi connectivity index (χ1v) is 8.70. The van der Waals surface area contributed by atoms with Gasteiger partial charge in [-0.15, -0.1) is 0 Å². The molecule has 0 bridgehead atoms. The predicted molar refractivity (Wildman–Crippen MR) is 101 cm³/mol. The van der Waals surface area contributed by atoms with Gasteiger partial charge in [-0.05, 0) is 23.8 Å². The maximum atomic E-state index is 16.5. The van der Waals surface area contributed by atoms with Gasteiger partial charge in [0.25, 0.3) is 5.91 Å². The molecule has 0 aromatic heterocycles. The molecular weight excluding hydrogens is 401 g/mol. The number of likely N-dealkylation sites (N-methyl/N-ethyl adjacent to an activating group) is 1. The number of nitrogens with zero attached hydrogens (tertiary/aromatic N) is 1. The number of benzene rings is 2. The molecule has 4 nitrogen and oxygen atoms in total. The van der Waals surface area contributed by atoms with Gasteiger partial charge in [-0.1, -0.05) is 52.8 Å². The Bertz CT molecular complexity index is 913. The number of hydrogen-bond acceptors (Lipinski definition) is 3. The monoisotopic (exact) mass is 417 g/mol. The second-order valence-electron chi connectivity index (χ2n) is 6.10.